The monoisotopic (exact) mass is 416 g/mol. The van der Waals surface area contributed by atoms with Gasteiger partial charge in [0.2, 0.25) is 5.75 Å². The fourth-order valence-electron chi connectivity index (χ4n) is 2.47. The third-order valence-electron chi connectivity index (χ3n) is 3.76. The van der Waals surface area contributed by atoms with Crippen molar-refractivity contribution >= 4 is 24.0 Å². The maximum Gasteiger partial charge on any atom is 0.387 e. The second kappa shape index (κ2) is 11.3. The number of amides is 1. The molecule has 0 bridgehead atoms. The van der Waals surface area contributed by atoms with Crippen LogP contribution >= 0.6 is 12.4 Å². The Morgan fingerprint density at radius 1 is 1.11 bits per heavy atom. The maximum atomic E-state index is 12.7. The fraction of sp³-hybridized carbons (Fsp3) is 0.316. The van der Waals surface area contributed by atoms with Crippen LogP contribution in [-0.4, -0.2) is 33.3 Å². The number of alkyl halides is 2. The second-order valence-electron chi connectivity index (χ2n) is 5.48. The molecule has 2 N–H and O–H groups in total. The molecular formula is C19H23ClF2N2O4. The van der Waals surface area contributed by atoms with E-state index in [1.54, 1.807) is 6.07 Å². The molecule has 0 spiro atoms. The maximum absolute atomic E-state index is 12.7. The van der Waals surface area contributed by atoms with Gasteiger partial charge < -0.3 is 24.8 Å². The molecule has 0 atom stereocenters. The Hall–Kier alpha value is -2.58. The zero-order valence-corrected chi connectivity index (χ0v) is 16.6. The van der Waals surface area contributed by atoms with E-state index in [1.165, 1.54) is 26.4 Å². The van der Waals surface area contributed by atoms with Crippen molar-refractivity contribution in [2.75, 3.05) is 26.1 Å². The van der Waals surface area contributed by atoms with Gasteiger partial charge in [0.05, 0.1) is 14.2 Å². The number of para-hydroxylation sites is 1. The predicted octanol–water partition coefficient (Wildman–Crippen LogP) is 4.09. The molecule has 2 rings (SSSR count). The number of hydrogen-bond donors (Lipinski definition) is 2. The van der Waals surface area contributed by atoms with Crippen LogP contribution in [-0.2, 0) is 6.54 Å². The Kier molecular flexibility index (Phi) is 9.47. The van der Waals surface area contributed by atoms with E-state index in [4.69, 9.17) is 9.47 Å². The van der Waals surface area contributed by atoms with Crippen molar-refractivity contribution in [2.24, 2.45) is 0 Å². The van der Waals surface area contributed by atoms with Gasteiger partial charge in [0.15, 0.2) is 11.5 Å². The molecule has 28 heavy (non-hydrogen) atoms. The predicted molar refractivity (Wildman–Crippen MR) is 105 cm³/mol. The molecule has 2 aromatic rings. The lowest BCUT2D eigenvalue weighted by molar-refractivity contribution is -0.0526. The highest BCUT2D eigenvalue weighted by Gasteiger charge is 2.21. The number of anilines is 1. The van der Waals surface area contributed by atoms with Gasteiger partial charge >= 0.3 is 6.61 Å². The standard InChI is InChI=1S/C19H22F2N2O4.ClH/c1-4-22-11-12-7-5-6-8-14(12)23-18(24)13-9-15(25-2)17(27-19(20)21)16(10-13)26-3;/h5-10,19,22H,4,11H2,1-3H3,(H,23,24);1H. The minimum atomic E-state index is -3.05. The van der Waals surface area contributed by atoms with Gasteiger partial charge in [-0.05, 0) is 30.3 Å². The molecule has 0 radical (unpaired) electrons. The van der Waals surface area contributed by atoms with Gasteiger partial charge in [0, 0.05) is 17.8 Å². The number of carbonyl (C=O) groups is 1. The summed E-state index contributed by atoms with van der Waals surface area (Å²) in [5.74, 6) is -0.750. The third-order valence-corrected chi connectivity index (χ3v) is 3.76. The van der Waals surface area contributed by atoms with Crippen LogP contribution in [0.2, 0.25) is 0 Å². The number of benzene rings is 2. The van der Waals surface area contributed by atoms with Crippen LogP contribution in [0.15, 0.2) is 36.4 Å². The van der Waals surface area contributed by atoms with Crippen LogP contribution in [0.3, 0.4) is 0 Å². The van der Waals surface area contributed by atoms with E-state index in [2.05, 4.69) is 15.4 Å². The van der Waals surface area contributed by atoms with E-state index in [0.29, 0.717) is 12.2 Å². The third kappa shape index (κ3) is 5.97. The molecule has 0 aliphatic carbocycles. The largest absolute Gasteiger partial charge is 0.493 e. The Morgan fingerprint density at radius 2 is 1.71 bits per heavy atom. The topological polar surface area (TPSA) is 68.8 Å². The SMILES string of the molecule is CCNCc1ccccc1NC(=O)c1cc(OC)c(OC(F)F)c(OC)c1.Cl. The van der Waals surface area contributed by atoms with Crippen LogP contribution in [0.1, 0.15) is 22.8 Å². The average molecular weight is 417 g/mol. The first-order valence-corrected chi connectivity index (χ1v) is 8.30. The zero-order valence-electron chi connectivity index (χ0n) is 15.8. The number of rotatable bonds is 9. The Balaban J connectivity index is 0.00000392. The van der Waals surface area contributed by atoms with Crippen molar-refractivity contribution in [2.45, 2.75) is 20.1 Å². The highest BCUT2D eigenvalue weighted by atomic mass is 35.5. The number of halogens is 3. The van der Waals surface area contributed by atoms with Crippen molar-refractivity contribution in [1.29, 1.82) is 0 Å². The van der Waals surface area contributed by atoms with E-state index < -0.39 is 12.5 Å². The summed E-state index contributed by atoms with van der Waals surface area (Å²) in [5, 5.41) is 6.02. The molecule has 0 unspecified atom stereocenters. The fourth-order valence-corrected chi connectivity index (χ4v) is 2.47. The highest BCUT2D eigenvalue weighted by Crippen LogP contribution is 2.39. The molecule has 0 fully saturated rings. The van der Waals surface area contributed by atoms with Crippen molar-refractivity contribution in [3.05, 3.63) is 47.5 Å². The summed E-state index contributed by atoms with van der Waals surface area (Å²) < 4.78 is 39.9. The number of carbonyl (C=O) groups excluding carboxylic acids is 1. The molecule has 0 aromatic heterocycles. The average Bonchev–Trinajstić information content (AvgIpc) is 2.66. The van der Waals surface area contributed by atoms with Crippen LogP contribution in [0.4, 0.5) is 14.5 Å². The Bertz CT molecular complexity index is 765. The van der Waals surface area contributed by atoms with Gasteiger partial charge in [-0.25, -0.2) is 0 Å². The lowest BCUT2D eigenvalue weighted by Crippen LogP contribution is -2.17. The van der Waals surface area contributed by atoms with Crippen LogP contribution in [0.5, 0.6) is 17.2 Å². The van der Waals surface area contributed by atoms with E-state index in [9.17, 15) is 13.6 Å². The molecule has 6 nitrogen and oxygen atoms in total. The summed E-state index contributed by atoms with van der Waals surface area (Å²) >= 11 is 0. The second-order valence-corrected chi connectivity index (χ2v) is 5.48. The quantitative estimate of drug-likeness (QED) is 0.644. The van der Waals surface area contributed by atoms with Gasteiger partial charge in [-0.15, -0.1) is 12.4 Å². The van der Waals surface area contributed by atoms with Crippen LogP contribution in [0, 0.1) is 0 Å². The first kappa shape index (κ1) is 23.5. The minimum absolute atomic E-state index is 0. The first-order valence-electron chi connectivity index (χ1n) is 8.30. The van der Waals surface area contributed by atoms with E-state index >= 15 is 0 Å². The smallest absolute Gasteiger partial charge is 0.387 e. The normalized spacial score (nSPS) is 10.2. The lowest BCUT2D eigenvalue weighted by Gasteiger charge is -2.16. The van der Waals surface area contributed by atoms with Crippen molar-refractivity contribution in [3.8, 4) is 17.2 Å². The van der Waals surface area contributed by atoms with Gasteiger partial charge in [-0.1, -0.05) is 25.1 Å². The number of methoxy groups -OCH3 is 2. The molecular weight excluding hydrogens is 394 g/mol. The highest BCUT2D eigenvalue weighted by molar-refractivity contribution is 6.05. The molecule has 2 aromatic carbocycles. The number of nitrogens with one attached hydrogen (secondary N) is 2. The summed E-state index contributed by atoms with van der Waals surface area (Å²) in [6, 6.07) is 10.0. The minimum Gasteiger partial charge on any atom is -0.493 e. The van der Waals surface area contributed by atoms with Gasteiger partial charge in [0.1, 0.15) is 0 Å². The molecule has 0 saturated carbocycles. The van der Waals surface area contributed by atoms with Crippen molar-refractivity contribution in [1.82, 2.24) is 5.32 Å². The summed E-state index contributed by atoms with van der Waals surface area (Å²) in [7, 11) is 2.58. The molecule has 1 amide bonds. The molecule has 0 aliphatic rings. The zero-order chi connectivity index (χ0) is 19.8. The van der Waals surface area contributed by atoms with Gasteiger partial charge in [-0.3, -0.25) is 4.79 Å². The Morgan fingerprint density at radius 3 is 2.25 bits per heavy atom. The molecule has 0 saturated heterocycles. The lowest BCUT2D eigenvalue weighted by atomic mass is 10.1. The van der Waals surface area contributed by atoms with Gasteiger partial charge in [-0.2, -0.15) is 8.78 Å². The van der Waals surface area contributed by atoms with Gasteiger partial charge in [0.25, 0.3) is 5.91 Å². The van der Waals surface area contributed by atoms with Crippen molar-refractivity contribution in [3.63, 3.8) is 0 Å². The van der Waals surface area contributed by atoms with E-state index in [-0.39, 0.29) is 35.2 Å². The molecule has 9 heteroatoms. The summed E-state index contributed by atoms with van der Waals surface area (Å²) in [5.41, 5.74) is 1.75. The summed E-state index contributed by atoms with van der Waals surface area (Å²) in [4.78, 5) is 12.7. The Labute approximate surface area is 168 Å². The summed E-state index contributed by atoms with van der Waals surface area (Å²) in [6.07, 6.45) is 0. The summed E-state index contributed by atoms with van der Waals surface area (Å²) in [6.45, 7) is 0.330. The van der Waals surface area contributed by atoms with E-state index in [1.807, 2.05) is 25.1 Å². The number of hydrogen-bond acceptors (Lipinski definition) is 5. The first-order chi connectivity index (χ1) is 13.0. The molecule has 154 valence electrons. The van der Waals surface area contributed by atoms with Crippen LogP contribution in [0.25, 0.3) is 0 Å². The molecule has 0 aliphatic heterocycles. The molecule has 0 heterocycles. The number of ether oxygens (including phenoxy) is 3. The van der Waals surface area contributed by atoms with E-state index in [0.717, 1.165) is 12.1 Å². The van der Waals surface area contributed by atoms with Crippen LogP contribution < -0.4 is 24.8 Å². The van der Waals surface area contributed by atoms with Crippen molar-refractivity contribution < 1.29 is 27.8 Å².